The molecule has 0 saturated carbocycles. The Hall–Kier alpha value is -0.0300. The summed E-state index contributed by atoms with van der Waals surface area (Å²) in [5, 5.41) is 0.593. The van der Waals surface area contributed by atoms with Gasteiger partial charge in [0.05, 0.1) is 0 Å². The Bertz CT molecular complexity index is 336. The van der Waals surface area contributed by atoms with Crippen LogP contribution in [-0.2, 0) is 0 Å². The topological polar surface area (TPSA) is 16.1 Å². The number of nitrogens with zero attached hydrogens (tertiary/aromatic N) is 2. The maximum atomic E-state index is 5.96. The molecule has 1 saturated heterocycles. The van der Waals surface area contributed by atoms with E-state index in [2.05, 4.69) is 45.5 Å². The Labute approximate surface area is 109 Å². The van der Waals surface area contributed by atoms with Gasteiger partial charge in [-0.15, -0.1) is 0 Å². The van der Waals surface area contributed by atoms with Gasteiger partial charge in [0.1, 0.15) is 11.0 Å². The van der Waals surface area contributed by atoms with Gasteiger partial charge in [0.25, 0.3) is 0 Å². The Balaban J connectivity index is 2.20. The highest BCUT2D eigenvalue weighted by Gasteiger charge is 2.17. The van der Waals surface area contributed by atoms with E-state index in [9.17, 15) is 0 Å². The van der Waals surface area contributed by atoms with Crippen molar-refractivity contribution in [1.29, 1.82) is 0 Å². The third-order valence-electron chi connectivity index (χ3n) is 2.73. The molecule has 2 nitrogen and oxygen atoms in total. The molecule has 2 heterocycles. The van der Waals surface area contributed by atoms with E-state index in [1.165, 1.54) is 12.8 Å². The lowest BCUT2D eigenvalue weighted by Crippen LogP contribution is -2.34. The quantitative estimate of drug-likeness (QED) is 0.576. The van der Waals surface area contributed by atoms with E-state index in [0.717, 1.165) is 28.4 Å². The average molecular weight is 337 g/mol. The highest BCUT2D eigenvalue weighted by atomic mass is 127. The second-order valence-corrected chi connectivity index (χ2v) is 5.79. The van der Waals surface area contributed by atoms with Crippen LogP contribution in [-0.4, -0.2) is 18.1 Å². The third-order valence-corrected chi connectivity index (χ3v) is 3.54. The lowest BCUT2D eigenvalue weighted by atomic mass is 10.0. The predicted octanol–water partition coefficient (Wildman–Crippen LogP) is 3.58. The van der Waals surface area contributed by atoms with Crippen molar-refractivity contribution in [3.05, 3.63) is 20.9 Å². The molecule has 15 heavy (non-hydrogen) atoms. The zero-order valence-electron chi connectivity index (χ0n) is 8.71. The molecule has 0 N–H and O–H groups in total. The Morgan fingerprint density at radius 2 is 2.33 bits per heavy atom. The van der Waals surface area contributed by atoms with E-state index in [-0.39, 0.29) is 0 Å². The molecule has 0 amide bonds. The van der Waals surface area contributed by atoms with Crippen molar-refractivity contribution in [3.8, 4) is 0 Å². The fraction of sp³-hybridized carbons (Fsp3) is 0.545. The molecule has 82 valence electrons. The molecule has 0 aliphatic carbocycles. The van der Waals surface area contributed by atoms with Gasteiger partial charge in [0.15, 0.2) is 0 Å². The van der Waals surface area contributed by atoms with Crippen LogP contribution in [0.2, 0.25) is 5.15 Å². The summed E-state index contributed by atoms with van der Waals surface area (Å²) in [6.45, 7) is 4.50. The summed E-state index contributed by atoms with van der Waals surface area (Å²) < 4.78 is 1.15. The van der Waals surface area contributed by atoms with Gasteiger partial charge in [-0.05, 0) is 53.5 Å². The smallest absolute Gasteiger partial charge is 0.132 e. The van der Waals surface area contributed by atoms with Gasteiger partial charge in [0, 0.05) is 16.7 Å². The van der Waals surface area contributed by atoms with E-state index in [1.807, 2.05) is 6.07 Å². The number of aromatic nitrogens is 1. The minimum Gasteiger partial charge on any atom is -0.356 e. The van der Waals surface area contributed by atoms with Gasteiger partial charge in [-0.1, -0.05) is 18.5 Å². The van der Waals surface area contributed by atoms with Crippen molar-refractivity contribution >= 4 is 40.0 Å². The van der Waals surface area contributed by atoms with Crippen molar-refractivity contribution in [2.24, 2.45) is 5.92 Å². The first-order valence-corrected chi connectivity index (χ1v) is 6.69. The summed E-state index contributed by atoms with van der Waals surface area (Å²) in [7, 11) is 0. The molecule has 1 aliphatic heterocycles. The fourth-order valence-corrected chi connectivity index (χ4v) is 2.97. The van der Waals surface area contributed by atoms with Crippen LogP contribution >= 0.6 is 34.2 Å². The summed E-state index contributed by atoms with van der Waals surface area (Å²) in [6, 6.07) is 3.99. The first-order valence-electron chi connectivity index (χ1n) is 5.23. The predicted molar refractivity (Wildman–Crippen MR) is 72.6 cm³/mol. The molecule has 0 bridgehead atoms. The van der Waals surface area contributed by atoms with E-state index < -0.39 is 0 Å². The van der Waals surface area contributed by atoms with E-state index in [4.69, 9.17) is 11.6 Å². The molecule has 1 aliphatic rings. The molecule has 0 spiro atoms. The second kappa shape index (κ2) is 4.87. The molecule has 1 aromatic heterocycles. The minimum absolute atomic E-state index is 0.593. The fourth-order valence-electron chi connectivity index (χ4n) is 2.01. The lowest BCUT2D eigenvalue weighted by molar-refractivity contribution is 0.444. The van der Waals surface area contributed by atoms with Crippen LogP contribution in [0.3, 0.4) is 0 Å². The molecule has 1 aromatic rings. The Kier molecular flexibility index (Phi) is 3.72. The van der Waals surface area contributed by atoms with Crippen molar-refractivity contribution in [2.45, 2.75) is 19.8 Å². The number of piperidine rings is 1. The monoisotopic (exact) mass is 336 g/mol. The molecule has 1 atom stereocenters. The van der Waals surface area contributed by atoms with Crippen LogP contribution in [0.25, 0.3) is 0 Å². The van der Waals surface area contributed by atoms with Crippen molar-refractivity contribution < 1.29 is 0 Å². The third kappa shape index (κ3) is 2.97. The number of hydrogen-bond donors (Lipinski definition) is 0. The van der Waals surface area contributed by atoms with Crippen LogP contribution in [0.15, 0.2) is 12.1 Å². The number of halogens is 2. The van der Waals surface area contributed by atoms with Crippen LogP contribution < -0.4 is 4.90 Å². The first kappa shape index (κ1) is 11.5. The van der Waals surface area contributed by atoms with Crippen LogP contribution in [0.5, 0.6) is 0 Å². The van der Waals surface area contributed by atoms with Gasteiger partial charge < -0.3 is 4.90 Å². The molecule has 1 unspecified atom stereocenters. The molecule has 4 heteroatoms. The van der Waals surface area contributed by atoms with Gasteiger partial charge >= 0.3 is 0 Å². The van der Waals surface area contributed by atoms with Crippen molar-refractivity contribution in [3.63, 3.8) is 0 Å². The van der Waals surface area contributed by atoms with E-state index in [0.29, 0.717) is 5.15 Å². The SMILES string of the molecule is CC1CCCN(c2cc(I)cc(Cl)n2)C1. The Morgan fingerprint density at radius 3 is 3.00 bits per heavy atom. The van der Waals surface area contributed by atoms with Crippen molar-refractivity contribution in [1.82, 2.24) is 4.98 Å². The zero-order chi connectivity index (χ0) is 10.8. The molecular weight excluding hydrogens is 322 g/mol. The maximum Gasteiger partial charge on any atom is 0.132 e. The summed E-state index contributed by atoms with van der Waals surface area (Å²) >= 11 is 8.24. The minimum atomic E-state index is 0.593. The maximum absolute atomic E-state index is 5.96. The van der Waals surface area contributed by atoms with Gasteiger partial charge in [0.2, 0.25) is 0 Å². The standard InChI is InChI=1S/C11H14ClIN2/c1-8-3-2-4-15(7-8)11-6-9(13)5-10(12)14-11/h5-6,8H,2-4,7H2,1H3. The highest BCUT2D eigenvalue weighted by Crippen LogP contribution is 2.24. The van der Waals surface area contributed by atoms with Gasteiger partial charge in [-0.25, -0.2) is 4.98 Å². The number of anilines is 1. The zero-order valence-corrected chi connectivity index (χ0v) is 11.6. The first-order chi connectivity index (χ1) is 7.15. The molecule has 0 radical (unpaired) electrons. The second-order valence-electron chi connectivity index (χ2n) is 4.16. The number of rotatable bonds is 1. The highest BCUT2D eigenvalue weighted by molar-refractivity contribution is 14.1. The largest absolute Gasteiger partial charge is 0.356 e. The molecule has 1 fully saturated rings. The summed E-state index contributed by atoms with van der Waals surface area (Å²) in [5.74, 6) is 1.79. The Morgan fingerprint density at radius 1 is 1.53 bits per heavy atom. The molecule has 0 aromatic carbocycles. The van der Waals surface area contributed by atoms with E-state index >= 15 is 0 Å². The summed E-state index contributed by atoms with van der Waals surface area (Å²) in [6.07, 6.45) is 2.58. The normalized spacial score (nSPS) is 21.8. The van der Waals surface area contributed by atoms with Crippen molar-refractivity contribution in [2.75, 3.05) is 18.0 Å². The van der Waals surface area contributed by atoms with Gasteiger partial charge in [-0.3, -0.25) is 0 Å². The number of pyridine rings is 1. The summed E-state index contributed by atoms with van der Waals surface area (Å²) in [4.78, 5) is 6.71. The lowest BCUT2D eigenvalue weighted by Gasteiger charge is -2.31. The molecular formula is C11H14ClIN2. The van der Waals surface area contributed by atoms with Crippen LogP contribution in [0, 0.1) is 9.49 Å². The van der Waals surface area contributed by atoms with E-state index in [1.54, 1.807) is 0 Å². The van der Waals surface area contributed by atoms with Crippen LogP contribution in [0.4, 0.5) is 5.82 Å². The molecule has 2 rings (SSSR count). The van der Waals surface area contributed by atoms with Gasteiger partial charge in [-0.2, -0.15) is 0 Å². The van der Waals surface area contributed by atoms with Crippen LogP contribution in [0.1, 0.15) is 19.8 Å². The number of hydrogen-bond acceptors (Lipinski definition) is 2. The summed E-state index contributed by atoms with van der Waals surface area (Å²) in [5.41, 5.74) is 0. The average Bonchev–Trinajstić information content (AvgIpc) is 2.16.